The Morgan fingerprint density at radius 3 is 2.61 bits per heavy atom. The van der Waals surface area contributed by atoms with Gasteiger partial charge in [0.2, 0.25) is 0 Å². The van der Waals surface area contributed by atoms with Gasteiger partial charge in [-0.3, -0.25) is 14.5 Å². The van der Waals surface area contributed by atoms with Gasteiger partial charge in [0.1, 0.15) is 11.8 Å². The molecule has 2 atom stereocenters. The van der Waals surface area contributed by atoms with Crippen molar-refractivity contribution in [3.8, 4) is 0 Å². The molecule has 104 valence electrons. The lowest BCUT2D eigenvalue weighted by Crippen LogP contribution is -2.44. The highest BCUT2D eigenvalue weighted by molar-refractivity contribution is 5.75. The number of hydrogen-bond acceptors (Lipinski definition) is 4. The number of nitrogens with zero attached hydrogens (tertiary/aromatic N) is 1. The van der Waals surface area contributed by atoms with Gasteiger partial charge in [0, 0.05) is 18.4 Å². The highest BCUT2D eigenvalue weighted by Crippen LogP contribution is 2.26. The van der Waals surface area contributed by atoms with Crippen LogP contribution in [0, 0.1) is 5.92 Å². The third kappa shape index (κ3) is 4.07. The lowest BCUT2D eigenvalue weighted by molar-refractivity contribution is -0.145. The fraction of sp³-hybridized carbons (Fsp3) is 0.846. The Kier molecular flexibility index (Phi) is 5.75. The molecule has 5 heteroatoms. The summed E-state index contributed by atoms with van der Waals surface area (Å²) in [5, 5.41) is 9.30. The maximum Gasteiger partial charge on any atom is 0.321 e. The summed E-state index contributed by atoms with van der Waals surface area (Å²) in [5.41, 5.74) is 0. The van der Waals surface area contributed by atoms with Crippen LogP contribution in [0.25, 0.3) is 0 Å². The van der Waals surface area contributed by atoms with Crippen molar-refractivity contribution in [2.75, 3.05) is 19.8 Å². The summed E-state index contributed by atoms with van der Waals surface area (Å²) in [6.45, 7) is 7.16. The SMILES string of the molecule is CC(=O)CCOC[C@@H]1CCN(C(C)C)[C@@H]1C(=O)O. The second-order valence-corrected chi connectivity index (χ2v) is 5.19. The number of rotatable bonds is 7. The summed E-state index contributed by atoms with van der Waals surface area (Å²) in [7, 11) is 0. The number of hydrogen-bond donors (Lipinski definition) is 1. The zero-order valence-electron chi connectivity index (χ0n) is 11.4. The summed E-state index contributed by atoms with van der Waals surface area (Å²) in [6.07, 6.45) is 1.24. The minimum atomic E-state index is -0.777. The van der Waals surface area contributed by atoms with Gasteiger partial charge in [-0.2, -0.15) is 0 Å². The first-order valence-electron chi connectivity index (χ1n) is 6.49. The smallest absolute Gasteiger partial charge is 0.321 e. The molecule has 1 rings (SSSR count). The van der Waals surface area contributed by atoms with Crippen molar-refractivity contribution in [3.05, 3.63) is 0 Å². The van der Waals surface area contributed by atoms with Gasteiger partial charge in [0.25, 0.3) is 0 Å². The fourth-order valence-corrected chi connectivity index (χ4v) is 2.43. The second kappa shape index (κ2) is 6.85. The number of carbonyl (C=O) groups is 2. The van der Waals surface area contributed by atoms with Gasteiger partial charge in [-0.25, -0.2) is 0 Å². The van der Waals surface area contributed by atoms with Crippen LogP contribution < -0.4 is 0 Å². The summed E-state index contributed by atoms with van der Waals surface area (Å²) >= 11 is 0. The molecule has 0 radical (unpaired) electrons. The van der Waals surface area contributed by atoms with Crippen LogP contribution in [0.2, 0.25) is 0 Å². The van der Waals surface area contributed by atoms with Gasteiger partial charge in [-0.1, -0.05) is 0 Å². The van der Waals surface area contributed by atoms with Crippen LogP contribution in [-0.2, 0) is 14.3 Å². The predicted octanol–water partition coefficient (Wildman–Crippen LogP) is 1.17. The van der Waals surface area contributed by atoms with Crippen molar-refractivity contribution in [1.82, 2.24) is 4.90 Å². The van der Waals surface area contributed by atoms with Crippen molar-refractivity contribution in [2.24, 2.45) is 5.92 Å². The topological polar surface area (TPSA) is 66.8 Å². The molecular formula is C13H23NO4. The number of aliphatic carboxylic acids is 1. The van der Waals surface area contributed by atoms with Crippen LogP contribution >= 0.6 is 0 Å². The van der Waals surface area contributed by atoms with Gasteiger partial charge in [-0.15, -0.1) is 0 Å². The van der Waals surface area contributed by atoms with E-state index >= 15 is 0 Å². The van der Waals surface area contributed by atoms with Crippen LogP contribution in [-0.4, -0.2) is 53.6 Å². The molecule has 5 nitrogen and oxygen atoms in total. The number of carboxylic acid groups (broad SMARTS) is 1. The van der Waals surface area contributed by atoms with Crippen molar-refractivity contribution in [3.63, 3.8) is 0 Å². The molecular weight excluding hydrogens is 234 g/mol. The Morgan fingerprint density at radius 1 is 1.44 bits per heavy atom. The fourth-order valence-electron chi connectivity index (χ4n) is 2.43. The maximum atomic E-state index is 11.3. The van der Waals surface area contributed by atoms with Gasteiger partial charge < -0.3 is 9.84 Å². The van der Waals surface area contributed by atoms with E-state index in [1.807, 2.05) is 18.7 Å². The van der Waals surface area contributed by atoms with Gasteiger partial charge in [0.05, 0.1) is 13.2 Å². The average Bonchev–Trinajstić information content (AvgIpc) is 2.67. The molecule has 0 spiro atoms. The van der Waals surface area contributed by atoms with Gasteiger partial charge in [0.15, 0.2) is 0 Å². The van der Waals surface area contributed by atoms with Gasteiger partial charge >= 0.3 is 5.97 Å². The summed E-state index contributed by atoms with van der Waals surface area (Å²) in [6, 6.07) is -0.226. The minimum Gasteiger partial charge on any atom is -0.480 e. The molecule has 0 aliphatic carbocycles. The van der Waals surface area contributed by atoms with E-state index in [1.54, 1.807) is 0 Å². The first-order valence-corrected chi connectivity index (χ1v) is 6.49. The van der Waals surface area contributed by atoms with Gasteiger partial charge in [-0.05, 0) is 33.7 Å². The number of carboxylic acids is 1. The van der Waals surface area contributed by atoms with Crippen molar-refractivity contribution in [2.45, 2.75) is 45.7 Å². The van der Waals surface area contributed by atoms with Crippen LogP contribution in [0.3, 0.4) is 0 Å². The normalized spacial score (nSPS) is 24.7. The highest BCUT2D eigenvalue weighted by Gasteiger charge is 2.40. The van der Waals surface area contributed by atoms with E-state index in [1.165, 1.54) is 6.92 Å². The van der Waals surface area contributed by atoms with Crippen LogP contribution in [0.5, 0.6) is 0 Å². The van der Waals surface area contributed by atoms with Crippen LogP contribution in [0.15, 0.2) is 0 Å². The monoisotopic (exact) mass is 257 g/mol. The number of carbonyl (C=O) groups excluding carboxylic acids is 1. The second-order valence-electron chi connectivity index (χ2n) is 5.19. The van der Waals surface area contributed by atoms with Crippen LogP contribution in [0.4, 0.5) is 0 Å². The number of likely N-dealkylation sites (tertiary alicyclic amines) is 1. The summed E-state index contributed by atoms with van der Waals surface area (Å²) < 4.78 is 5.43. The van der Waals surface area contributed by atoms with Crippen molar-refractivity contribution < 1.29 is 19.4 Å². The minimum absolute atomic E-state index is 0.0249. The number of ketones is 1. The van der Waals surface area contributed by atoms with E-state index in [0.29, 0.717) is 19.6 Å². The molecule has 0 aromatic heterocycles. The molecule has 0 aromatic rings. The molecule has 1 N–H and O–H groups in total. The zero-order chi connectivity index (χ0) is 13.7. The first kappa shape index (κ1) is 15.1. The van der Waals surface area contributed by atoms with E-state index < -0.39 is 12.0 Å². The first-order chi connectivity index (χ1) is 8.43. The number of Topliss-reactive ketones (excluding diaryl/α,β-unsaturated/α-hetero) is 1. The Labute approximate surface area is 108 Å². The molecule has 1 aliphatic heterocycles. The predicted molar refractivity (Wildman–Crippen MR) is 67.5 cm³/mol. The molecule has 0 aromatic carbocycles. The zero-order valence-corrected chi connectivity index (χ0v) is 11.4. The summed E-state index contributed by atoms with van der Waals surface area (Å²) in [4.78, 5) is 24.1. The van der Waals surface area contributed by atoms with E-state index in [0.717, 1.165) is 13.0 Å². The van der Waals surface area contributed by atoms with E-state index in [4.69, 9.17) is 4.74 Å². The molecule has 0 amide bonds. The number of ether oxygens (including phenoxy) is 1. The maximum absolute atomic E-state index is 11.3. The van der Waals surface area contributed by atoms with E-state index in [-0.39, 0.29) is 17.7 Å². The van der Waals surface area contributed by atoms with E-state index in [9.17, 15) is 14.7 Å². The quantitative estimate of drug-likeness (QED) is 0.693. The van der Waals surface area contributed by atoms with Crippen molar-refractivity contribution >= 4 is 11.8 Å². The van der Waals surface area contributed by atoms with Crippen molar-refractivity contribution in [1.29, 1.82) is 0 Å². The van der Waals surface area contributed by atoms with Crippen LogP contribution in [0.1, 0.15) is 33.6 Å². The molecule has 0 unspecified atom stereocenters. The standard InChI is InChI=1S/C13H23NO4/c1-9(2)14-6-4-11(12(14)13(16)17)8-18-7-5-10(3)15/h9,11-12H,4-8H2,1-3H3,(H,16,17)/t11-,12-/m0/s1. The highest BCUT2D eigenvalue weighted by atomic mass is 16.5. The lowest BCUT2D eigenvalue weighted by Gasteiger charge is -2.27. The van der Waals surface area contributed by atoms with E-state index in [2.05, 4.69) is 0 Å². The molecule has 1 heterocycles. The molecule has 0 bridgehead atoms. The molecule has 1 saturated heterocycles. The third-order valence-corrected chi connectivity index (χ3v) is 3.41. The molecule has 1 fully saturated rings. The average molecular weight is 257 g/mol. The Hall–Kier alpha value is -0.940. The third-order valence-electron chi connectivity index (χ3n) is 3.41. The summed E-state index contributed by atoms with van der Waals surface area (Å²) in [5.74, 6) is -0.654. The molecule has 1 aliphatic rings. The molecule has 18 heavy (non-hydrogen) atoms. The Morgan fingerprint density at radius 2 is 2.11 bits per heavy atom. The largest absolute Gasteiger partial charge is 0.480 e. The Bertz CT molecular complexity index is 303. The molecule has 0 saturated carbocycles. The lowest BCUT2D eigenvalue weighted by atomic mass is 10.0. The Balaban J connectivity index is 2.45.